The molecule has 1 nitrogen and oxygen atoms in total. The van der Waals surface area contributed by atoms with Gasteiger partial charge < -0.3 is 0 Å². The summed E-state index contributed by atoms with van der Waals surface area (Å²) < 4.78 is 0. The van der Waals surface area contributed by atoms with Gasteiger partial charge in [-0.2, -0.15) is 0 Å². The van der Waals surface area contributed by atoms with Gasteiger partial charge >= 0.3 is 0 Å². The molecule has 2 aliphatic carbocycles. The van der Waals surface area contributed by atoms with Crippen molar-refractivity contribution in [3.63, 3.8) is 0 Å². The van der Waals surface area contributed by atoms with Crippen LogP contribution >= 0.6 is 0 Å². The second kappa shape index (κ2) is 5.76. The predicted octanol–water partition coefficient (Wildman–Crippen LogP) is 6.09. The zero-order valence-electron chi connectivity index (χ0n) is 15.4. The highest BCUT2D eigenvalue weighted by Gasteiger charge is 2.51. The summed E-state index contributed by atoms with van der Waals surface area (Å²) in [6.07, 6.45) is 6.28. The molecule has 0 saturated heterocycles. The Kier molecular flexibility index (Phi) is 4.19. The summed E-state index contributed by atoms with van der Waals surface area (Å²) in [5, 5.41) is 0. The lowest BCUT2D eigenvalue weighted by Crippen LogP contribution is -2.48. The second-order valence-corrected chi connectivity index (χ2v) is 9.49. The van der Waals surface area contributed by atoms with Crippen LogP contribution < -0.4 is 0 Å². The molecule has 4 unspecified atom stereocenters. The SMILES string of the molecule is CC1CC2C(CC1c1ccccc1C=O)C(C)(C)CCC2(C)C. The minimum atomic E-state index is 0.425. The molecule has 126 valence electrons. The number of rotatable bonds is 2. The number of fused-ring (bicyclic) bond motifs is 1. The third-order valence-corrected chi connectivity index (χ3v) is 7.25. The topological polar surface area (TPSA) is 17.1 Å². The highest BCUT2D eigenvalue weighted by atomic mass is 16.1. The van der Waals surface area contributed by atoms with Gasteiger partial charge in [-0.15, -0.1) is 0 Å². The Morgan fingerprint density at radius 3 is 2.13 bits per heavy atom. The van der Waals surface area contributed by atoms with Crippen LogP contribution in [0.3, 0.4) is 0 Å². The lowest BCUT2D eigenvalue weighted by molar-refractivity contribution is -0.0634. The van der Waals surface area contributed by atoms with Gasteiger partial charge in [0.1, 0.15) is 6.29 Å². The lowest BCUT2D eigenvalue weighted by Gasteiger charge is -2.57. The highest BCUT2D eigenvalue weighted by molar-refractivity contribution is 5.77. The largest absolute Gasteiger partial charge is 0.298 e. The van der Waals surface area contributed by atoms with Gasteiger partial charge in [0.2, 0.25) is 0 Å². The van der Waals surface area contributed by atoms with Crippen LogP contribution in [-0.2, 0) is 0 Å². The van der Waals surface area contributed by atoms with E-state index in [4.69, 9.17) is 0 Å². The molecule has 0 bridgehead atoms. The Labute approximate surface area is 141 Å². The van der Waals surface area contributed by atoms with Crippen molar-refractivity contribution in [2.75, 3.05) is 0 Å². The highest BCUT2D eigenvalue weighted by Crippen LogP contribution is 2.61. The Hall–Kier alpha value is -1.11. The molecule has 0 aromatic heterocycles. The van der Waals surface area contributed by atoms with Crippen LogP contribution in [0.4, 0.5) is 0 Å². The zero-order valence-corrected chi connectivity index (χ0v) is 15.4. The van der Waals surface area contributed by atoms with Crippen LogP contribution in [0.5, 0.6) is 0 Å². The first-order valence-corrected chi connectivity index (χ1v) is 9.30. The molecule has 1 aromatic rings. The van der Waals surface area contributed by atoms with E-state index in [1.54, 1.807) is 0 Å². The van der Waals surface area contributed by atoms with Crippen LogP contribution in [0.15, 0.2) is 24.3 Å². The summed E-state index contributed by atoms with van der Waals surface area (Å²) in [6, 6.07) is 8.25. The van der Waals surface area contributed by atoms with Crippen molar-refractivity contribution in [3.8, 4) is 0 Å². The molecule has 0 aliphatic heterocycles. The van der Waals surface area contributed by atoms with Gasteiger partial charge in [-0.05, 0) is 65.7 Å². The molecule has 0 radical (unpaired) electrons. The fraction of sp³-hybridized carbons (Fsp3) is 0.682. The third-order valence-electron chi connectivity index (χ3n) is 7.25. The average molecular weight is 312 g/mol. The first-order valence-electron chi connectivity index (χ1n) is 9.30. The number of carbonyl (C=O) groups is 1. The summed E-state index contributed by atoms with van der Waals surface area (Å²) in [7, 11) is 0. The van der Waals surface area contributed by atoms with Crippen molar-refractivity contribution < 1.29 is 4.79 Å². The first kappa shape index (κ1) is 16.7. The van der Waals surface area contributed by atoms with Gasteiger partial charge in [-0.3, -0.25) is 4.79 Å². The van der Waals surface area contributed by atoms with E-state index in [0.717, 1.165) is 23.7 Å². The van der Waals surface area contributed by atoms with Gasteiger partial charge in [0.15, 0.2) is 0 Å². The molecule has 2 saturated carbocycles. The maximum Gasteiger partial charge on any atom is 0.150 e. The summed E-state index contributed by atoms with van der Waals surface area (Å²) in [5.41, 5.74) is 3.07. The quantitative estimate of drug-likeness (QED) is 0.604. The van der Waals surface area contributed by atoms with Crippen molar-refractivity contribution in [1.29, 1.82) is 0 Å². The standard InChI is InChI=1S/C22H32O/c1-15-12-19-20(22(4,5)11-10-21(19,2)3)13-18(15)17-9-7-6-8-16(17)14-23/h6-9,14-15,18-20H,10-13H2,1-5H3. The molecule has 0 N–H and O–H groups in total. The molecule has 1 aromatic carbocycles. The Morgan fingerprint density at radius 2 is 1.52 bits per heavy atom. The molecule has 4 atom stereocenters. The van der Waals surface area contributed by atoms with Crippen molar-refractivity contribution in [2.24, 2.45) is 28.6 Å². The van der Waals surface area contributed by atoms with Crippen LogP contribution in [0, 0.1) is 28.6 Å². The number of hydrogen-bond donors (Lipinski definition) is 0. The number of benzene rings is 1. The van der Waals surface area contributed by atoms with E-state index in [1.165, 1.54) is 31.2 Å². The van der Waals surface area contributed by atoms with E-state index in [2.05, 4.69) is 46.8 Å². The van der Waals surface area contributed by atoms with Crippen LogP contribution in [0.1, 0.15) is 82.1 Å². The average Bonchev–Trinajstić information content (AvgIpc) is 2.51. The van der Waals surface area contributed by atoms with E-state index in [1.807, 2.05) is 12.1 Å². The van der Waals surface area contributed by atoms with Gasteiger partial charge in [-0.1, -0.05) is 58.9 Å². The summed E-state index contributed by atoms with van der Waals surface area (Å²) in [6.45, 7) is 12.3. The normalized spacial score (nSPS) is 35.3. The maximum atomic E-state index is 11.5. The smallest absolute Gasteiger partial charge is 0.150 e. The van der Waals surface area contributed by atoms with E-state index in [-0.39, 0.29) is 0 Å². The fourth-order valence-electron chi connectivity index (χ4n) is 5.53. The van der Waals surface area contributed by atoms with Crippen molar-refractivity contribution in [3.05, 3.63) is 35.4 Å². The monoisotopic (exact) mass is 312 g/mol. The van der Waals surface area contributed by atoms with E-state index in [9.17, 15) is 4.79 Å². The van der Waals surface area contributed by atoms with Gasteiger partial charge in [0.25, 0.3) is 0 Å². The predicted molar refractivity (Wildman–Crippen MR) is 96.7 cm³/mol. The molecule has 0 amide bonds. The fourth-order valence-corrected chi connectivity index (χ4v) is 5.53. The summed E-state index contributed by atoms with van der Waals surface area (Å²) in [5.74, 6) is 2.78. The minimum Gasteiger partial charge on any atom is -0.298 e. The van der Waals surface area contributed by atoms with Gasteiger partial charge in [0, 0.05) is 5.56 Å². The van der Waals surface area contributed by atoms with Crippen LogP contribution in [0.25, 0.3) is 0 Å². The molecule has 0 spiro atoms. The molecule has 23 heavy (non-hydrogen) atoms. The van der Waals surface area contributed by atoms with E-state index >= 15 is 0 Å². The van der Waals surface area contributed by atoms with Crippen molar-refractivity contribution in [1.82, 2.24) is 0 Å². The summed E-state index contributed by atoms with van der Waals surface area (Å²) >= 11 is 0. The molecule has 3 rings (SSSR count). The zero-order chi connectivity index (χ0) is 16.8. The molecule has 1 heteroatoms. The number of hydrogen-bond acceptors (Lipinski definition) is 1. The summed E-state index contributed by atoms with van der Waals surface area (Å²) in [4.78, 5) is 11.5. The van der Waals surface area contributed by atoms with Crippen molar-refractivity contribution >= 4 is 6.29 Å². The Morgan fingerprint density at radius 1 is 0.957 bits per heavy atom. The minimum absolute atomic E-state index is 0.425. The number of carbonyl (C=O) groups excluding carboxylic acids is 1. The first-order chi connectivity index (χ1) is 10.8. The Balaban J connectivity index is 1.96. The molecule has 0 heterocycles. The number of aldehydes is 1. The maximum absolute atomic E-state index is 11.5. The van der Waals surface area contributed by atoms with Gasteiger partial charge in [-0.25, -0.2) is 0 Å². The Bertz CT molecular complexity index is 583. The lowest BCUT2D eigenvalue weighted by atomic mass is 9.48. The van der Waals surface area contributed by atoms with Crippen LogP contribution in [0.2, 0.25) is 0 Å². The van der Waals surface area contributed by atoms with Gasteiger partial charge in [0.05, 0.1) is 0 Å². The molecule has 2 fully saturated rings. The second-order valence-electron chi connectivity index (χ2n) is 9.49. The van der Waals surface area contributed by atoms with E-state index < -0.39 is 0 Å². The van der Waals surface area contributed by atoms with Crippen molar-refractivity contribution in [2.45, 2.75) is 66.2 Å². The third kappa shape index (κ3) is 2.88. The molecular weight excluding hydrogens is 280 g/mol. The van der Waals surface area contributed by atoms with E-state index in [0.29, 0.717) is 22.7 Å². The molecular formula is C22H32O. The van der Waals surface area contributed by atoms with Crippen LogP contribution in [-0.4, -0.2) is 6.29 Å². The molecule has 2 aliphatic rings.